The lowest BCUT2D eigenvalue weighted by Crippen LogP contribution is -2.45. The van der Waals surface area contributed by atoms with Crippen molar-refractivity contribution in [1.82, 2.24) is 10.7 Å². The van der Waals surface area contributed by atoms with Crippen LogP contribution in [0, 0.1) is 0 Å². The van der Waals surface area contributed by atoms with Crippen LogP contribution in [0.3, 0.4) is 0 Å². The van der Waals surface area contributed by atoms with Gasteiger partial charge in [0.05, 0.1) is 0 Å². The summed E-state index contributed by atoms with van der Waals surface area (Å²) in [6.45, 7) is 4.18. The first-order valence-corrected chi connectivity index (χ1v) is 5.50. The molecule has 0 aromatic rings. The van der Waals surface area contributed by atoms with Crippen molar-refractivity contribution in [3.63, 3.8) is 0 Å². The molecule has 0 radical (unpaired) electrons. The molecule has 0 aliphatic carbocycles. The lowest BCUT2D eigenvalue weighted by Gasteiger charge is -2.15. The highest BCUT2D eigenvalue weighted by Gasteiger charge is 2.03. The van der Waals surface area contributed by atoms with Gasteiger partial charge in [-0.05, 0) is 19.8 Å². The molecule has 0 aliphatic rings. The highest BCUT2D eigenvalue weighted by molar-refractivity contribution is 5.79. The lowest BCUT2D eigenvalue weighted by atomic mass is 10.2. The molecule has 0 heterocycles. The van der Waals surface area contributed by atoms with Gasteiger partial charge in [0.15, 0.2) is 0 Å². The number of nitrogens with two attached hydrogens (primary N) is 1. The van der Waals surface area contributed by atoms with Crippen LogP contribution in [0.1, 0.15) is 19.8 Å². The molecule has 0 rings (SSSR count). The van der Waals surface area contributed by atoms with Crippen LogP contribution in [0.25, 0.3) is 0 Å². The maximum atomic E-state index is 5.36. The van der Waals surface area contributed by atoms with E-state index in [-0.39, 0.29) is 6.04 Å². The fourth-order valence-electron chi connectivity index (χ4n) is 1.13. The summed E-state index contributed by atoms with van der Waals surface area (Å²) in [5, 5.41) is 3.17. The fraction of sp³-hybridized carbons (Fsp3) is 0.900. The van der Waals surface area contributed by atoms with Gasteiger partial charge >= 0.3 is 0 Å². The summed E-state index contributed by atoms with van der Waals surface area (Å²) < 4.78 is 9.93. The highest BCUT2D eigenvalue weighted by Crippen LogP contribution is 1.90. The molecule has 0 aliphatic heterocycles. The number of nitrogens with zero attached hydrogens (tertiary/aromatic N) is 1. The van der Waals surface area contributed by atoms with Crippen molar-refractivity contribution in [2.75, 3.05) is 34.0 Å². The number of rotatable bonds is 8. The summed E-state index contributed by atoms with van der Waals surface area (Å²) in [5.74, 6) is 5.97. The summed E-state index contributed by atoms with van der Waals surface area (Å²) in [6, 6.07) is 0.275. The van der Waals surface area contributed by atoms with Gasteiger partial charge in [0.25, 0.3) is 0 Å². The molecule has 96 valence electrons. The van der Waals surface area contributed by atoms with E-state index in [2.05, 4.69) is 22.7 Å². The number of aliphatic imine (C=N–C) groups is 1. The van der Waals surface area contributed by atoms with Crippen LogP contribution >= 0.6 is 0 Å². The van der Waals surface area contributed by atoms with Gasteiger partial charge in [-0.15, -0.1) is 0 Å². The van der Waals surface area contributed by atoms with Gasteiger partial charge < -0.3 is 14.8 Å². The minimum absolute atomic E-state index is 0.275. The number of hydrogen-bond donors (Lipinski definition) is 3. The van der Waals surface area contributed by atoms with Crippen LogP contribution in [0.5, 0.6) is 0 Å². The molecule has 0 bridgehead atoms. The molecule has 1 unspecified atom stereocenters. The average molecular weight is 232 g/mol. The van der Waals surface area contributed by atoms with Crippen molar-refractivity contribution in [2.45, 2.75) is 25.8 Å². The molecule has 0 fully saturated rings. The predicted octanol–water partition coefficient (Wildman–Crippen LogP) is -0.143. The molecule has 16 heavy (non-hydrogen) atoms. The van der Waals surface area contributed by atoms with Crippen molar-refractivity contribution in [1.29, 1.82) is 0 Å². The Kier molecular flexibility index (Phi) is 10.1. The Bertz CT molecular complexity index is 188. The third-order valence-electron chi connectivity index (χ3n) is 2.05. The smallest absolute Gasteiger partial charge is 0.205 e. The van der Waals surface area contributed by atoms with Crippen LogP contribution in [0.2, 0.25) is 0 Å². The highest BCUT2D eigenvalue weighted by atomic mass is 16.5. The number of methoxy groups -OCH3 is 2. The monoisotopic (exact) mass is 232 g/mol. The summed E-state index contributed by atoms with van der Waals surface area (Å²) in [4.78, 5) is 4.28. The van der Waals surface area contributed by atoms with Crippen molar-refractivity contribution in [3.05, 3.63) is 0 Å². The van der Waals surface area contributed by atoms with Crippen LogP contribution in [0.15, 0.2) is 4.99 Å². The zero-order chi connectivity index (χ0) is 12.2. The zero-order valence-electron chi connectivity index (χ0n) is 10.5. The Balaban J connectivity index is 3.79. The largest absolute Gasteiger partial charge is 0.385 e. The van der Waals surface area contributed by atoms with E-state index >= 15 is 0 Å². The Hall–Kier alpha value is -0.850. The molecule has 0 spiro atoms. The van der Waals surface area contributed by atoms with E-state index in [4.69, 9.17) is 15.3 Å². The van der Waals surface area contributed by atoms with E-state index in [1.807, 2.05) is 0 Å². The van der Waals surface area contributed by atoms with Gasteiger partial charge in [0.2, 0.25) is 5.96 Å². The Morgan fingerprint density at radius 1 is 1.31 bits per heavy atom. The number of ether oxygens (including phenoxy) is 2. The van der Waals surface area contributed by atoms with E-state index < -0.39 is 0 Å². The number of nitrogens with one attached hydrogen (secondary N) is 2. The van der Waals surface area contributed by atoms with Crippen molar-refractivity contribution in [3.8, 4) is 0 Å². The van der Waals surface area contributed by atoms with Gasteiger partial charge in [-0.25, -0.2) is 5.84 Å². The zero-order valence-corrected chi connectivity index (χ0v) is 10.5. The first-order valence-electron chi connectivity index (χ1n) is 5.50. The molecule has 0 saturated heterocycles. The molecule has 0 aromatic heterocycles. The summed E-state index contributed by atoms with van der Waals surface area (Å²) in [7, 11) is 3.37. The quantitative estimate of drug-likeness (QED) is 0.178. The Morgan fingerprint density at radius 3 is 2.56 bits per heavy atom. The van der Waals surface area contributed by atoms with E-state index in [1.54, 1.807) is 14.2 Å². The van der Waals surface area contributed by atoms with E-state index in [9.17, 15) is 0 Å². The van der Waals surface area contributed by atoms with Gasteiger partial charge in [-0.3, -0.25) is 10.4 Å². The van der Waals surface area contributed by atoms with Gasteiger partial charge in [0, 0.05) is 40.0 Å². The lowest BCUT2D eigenvalue weighted by molar-refractivity contribution is 0.187. The SMILES string of the molecule is COCCCN=C(NN)NC(C)CCOC. The molecule has 0 aromatic carbocycles. The minimum Gasteiger partial charge on any atom is -0.385 e. The third kappa shape index (κ3) is 8.46. The van der Waals surface area contributed by atoms with Gasteiger partial charge in [0.1, 0.15) is 0 Å². The maximum Gasteiger partial charge on any atom is 0.205 e. The maximum absolute atomic E-state index is 5.36. The van der Waals surface area contributed by atoms with Crippen LogP contribution < -0.4 is 16.6 Å². The van der Waals surface area contributed by atoms with Gasteiger partial charge in [-0.2, -0.15) is 0 Å². The van der Waals surface area contributed by atoms with E-state index in [0.29, 0.717) is 19.1 Å². The molecule has 6 heteroatoms. The molecule has 4 N–H and O–H groups in total. The average Bonchev–Trinajstić information content (AvgIpc) is 2.30. The summed E-state index contributed by atoms with van der Waals surface area (Å²) in [6.07, 6.45) is 1.80. The molecule has 0 saturated carbocycles. The second-order valence-corrected chi connectivity index (χ2v) is 3.55. The number of hydrogen-bond acceptors (Lipinski definition) is 4. The molecular weight excluding hydrogens is 208 g/mol. The Morgan fingerprint density at radius 2 is 2.00 bits per heavy atom. The number of guanidine groups is 1. The van der Waals surface area contributed by atoms with Crippen molar-refractivity contribution in [2.24, 2.45) is 10.8 Å². The molecular formula is C10H24N4O2. The first-order chi connectivity index (χ1) is 7.74. The first kappa shape index (κ1) is 15.2. The van der Waals surface area contributed by atoms with E-state index in [0.717, 1.165) is 19.4 Å². The van der Waals surface area contributed by atoms with Crippen molar-refractivity contribution >= 4 is 5.96 Å². The Labute approximate surface area is 97.6 Å². The second kappa shape index (κ2) is 10.7. The normalized spacial score (nSPS) is 13.6. The summed E-state index contributed by atoms with van der Waals surface area (Å²) >= 11 is 0. The van der Waals surface area contributed by atoms with Crippen LogP contribution in [-0.2, 0) is 9.47 Å². The third-order valence-corrected chi connectivity index (χ3v) is 2.05. The van der Waals surface area contributed by atoms with Gasteiger partial charge in [-0.1, -0.05) is 0 Å². The predicted molar refractivity (Wildman–Crippen MR) is 65.2 cm³/mol. The molecule has 1 atom stereocenters. The molecule has 6 nitrogen and oxygen atoms in total. The summed E-state index contributed by atoms with van der Waals surface area (Å²) in [5.41, 5.74) is 2.54. The minimum atomic E-state index is 0.275. The van der Waals surface area contributed by atoms with Crippen molar-refractivity contribution < 1.29 is 9.47 Å². The fourth-order valence-corrected chi connectivity index (χ4v) is 1.13. The van der Waals surface area contributed by atoms with Crippen LogP contribution in [-0.4, -0.2) is 46.0 Å². The van der Waals surface area contributed by atoms with Crippen LogP contribution in [0.4, 0.5) is 0 Å². The standard InChI is InChI=1S/C10H24N4O2/c1-9(5-8-16-3)13-10(14-11)12-6-4-7-15-2/h9H,4-8,11H2,1-3H3,(H2,12,13,14). The topological polar surface area (TPSA) is 80.9 Å². The molecule has 0 amide bonds. The second-order valence-electron chi connectivity index (χ2n) is 3.55. The number of hydrazine groups is 1. The van der Waals surface area contributed by atoms with E-state index in [1.165, 1.54) is 0 Å².